The van der Waals surface area contributed by atoms with Crippen molar-refractivity contribution in [2.75, 3.05) is 26.1 Å². The van der Waals surface area contributed by atoms with Gasteiger partial charge in [0, 0.05) is 0 Å². The second-order valence-corrected chi connectivity index (χ2v) is 11.6. The fourth-order valence-corrected chi connectivity index (χ4v) is 5.77. The molecule has 1 amide bonds. The molecule has 2 aliphatic rings. The third kappa shape index (κ3) is 5.86. The SMILES string of the molecule is CCS(=O)(=O)C1=NN2C(=N)/C(=C/c3ccc(OCCOc4cc(C)cc(C)c4)c(OC)c3)C(=O)N=C2S1. The summed E-state index contributed by atoms with van der Waals surface area (Å²) in [5.74, 6) is 0.652. The molecule has 2 aliphatic heterocycles. The number of sulfone groups is 1. The summed E-state index contributed by atoms with van der Waals surface area (Å²) in [4.78, 5) is 16.6. The first-order valence-corrected chi connectivity index (χ1v) is 13.8. The highest BCUT2D eigenvalue weighted by atomic mass is 32.3. The Labute approximate surface area is 219 Å². The lowest BCUT2D eigenvalue weighted by atomic mass is 10.1. The lowest BCUT2D eigenvalue weighted by Gasteiger charge is -2.20. The molecule has 0 unspecified atom stereocenters. The molecule has 0 atom stereocenters. The third-order valence-corrected chi connectivity index (χ3v) is 8.47. The van der Waals surface area contributed by atoms with Crippen LogP contribution in [0.25, 0.3) is 6.08 Å². The minimum Gasteiger partial charge on any atom is -0.493 e. The molecule has 1 N–H and O–H groups in total. The van der Waals surface area contributed by atoms with E-state index in [2.05, 4.69) is 16.2 Å². The quantitative estimate of drug-likeness (QED) is 0.394. The lowest BCUT2D eigenvalue weighted by Crippen LogP contribution is -2.35. The molecular weight excluding hydrogens is 516 g/mol. The van der Waals surface area contributed by atoms with E-state index in [1.54, 1.807) is 18.2 Å². The van der Waals surface area contributed by atoms with Crippen molar-refractivity contribution in [2.24, 2.45) is 10.1 Å². The number of methoxy groups -OCH3 is 1. The summed E-state index contributed by atoms with van der Waals surface area (Å²) in [6.45, 7) is 6.15. The summed E-state index contributed by atoms with van der Waals surface area (Å²) >= 11 is 0.761. The molecule has 37 heavy (non-hydrogen) atoms. The number of nitrogens with zero attached hydrogens (tertiary/aromatic N) is 3. The Kier molecular flexibility index (Phi) is 7.69. The van der Waals surface area contributed by atoms with Gasteiger partial charge in [-0.05, 0) is 72.6 Å². The van der Waals surface area contributed by atoms with Crippen LogP contribution in [0.15, 0.2) is 52.1 Å². The molecule has 0 bridgehead atoms. The number of hydrogen-bond acceptors (Lipinski definition) is 9. The number of rotatable bonds is 8. The average molecular weight is 543 g/mol. The molecular formula is C25H26N4O6S2. The normalized spacial score (nSPS) is 16.4. The van der Waals surface area contributed by atoms with Crippen molar-refractivity contribution >= 4 is 49.0 Å². The molecule has 0 aromatic heterocycles. The maximum absolute atomic E-state index is 12.6. The van der Waals surface area contributed by atoms with Gasteiger partial charge in [0.15, 0.2) is 17.3 Å². The van der Waals surface area contributed by atoms with Crippen molar-refractivity contribution in [3.63, 3.8) is 0 Å². The first kappa shape index (κ1) is 26.4. The summed E-state index contributed by atoms with van der Waals surface area (Å²) in [7, 11) is -2.09. The second-order valence-electron chi connectivity index (χ2n) is 8.22. The van der Waals surface area contributed by atoms with Gasteiger partial charge in [-0.3, -0.25) is 10.2 Å². The number of amidine groups is 2. The molecule has 194 valence electrons. The molecule has 0 saturated carbocycles. The molecule has 12 heteroatoms. The summed E-state index contributed by atoms with van der Waals surface area (Å²) in [6.07, 6.45) is 1.48. The Balaban J connectivity index is 1.46. The minimum atomic E-state index is -3.59. The van der Waals surface area contributed by atoms with Crippen LogP contribution in [0.4, 0.5) is 0 Å². The largest absolute Gasteiger partial charge is 0.493 e. The molecule has 2 aromatic rings. The maximum Gasteiger partial charge on any atom is 0.283 e. The molecule has 2 aromatic carbocycles. The number of aryl methyl sites for hydroxylation is 2. The van der Waals surface area contributed by atoms with E-state index in [-0.39, 0.29) is 33.3 Å². The zero-order valence-electron chi connectivity index (χ0n) is 20.8. The fraction of sp³-hybridized carbons (Fsp3) is 0.280. The van der Waals surface area contributed by atoms with Crippen LogP contribution in [0, 0.1) is 19.3 Å². The number of hydrogen-bond donors (Lipinski definition) is 1. The van der Waals surface area contributed by atoms with Crippen LogP contribution in [-0.4, -0.2) is 60.8 Å². The van der Waals surface area contributed by atoms with Crippen molar-refractivity contribution in [3.8, 4) is 17.2 Å². The number of aliphatic imine (C=N–C) groups is 1. The zero-order valence-corrected chi connectivity index (χ0v) is 22.4. The highest BCUT2D eigenvalue weighted by molar-refractivity contribution is 8.42. The minimum absolute atomic E-state index is 0.0270. The van der Waals surface area contributed by atoms with Crippen LogP contribution in [0.1, 0.15) is 23.6 Å². The van der Waals surface area contributed by atoms with Gasteiger partial charge in [0.25, 0.3) is 5.91 Å². The summed E-state index contributed by atoms with van der Waals surface area (Å²) in [5.41, 5.74) is 2.78. The standard InChI is InChI=1S/C25H26N4O6S2/c1-5-37(31,32)25-28-29-22(26)19(23(30)27-24(29)36-25)13-17-6-7-20(21(14-17)33-4)35-9-8-34-18-11-15(2)10-16(3)12-18/h6-7,10-14,26H,5,8-9H2,1-4H3/b19-13-,26-22?. The Morgan fingerprint density at radius 3 is 2.43 bits per heavy atom. The number of ether oxygens (including phenoxy) is 3. The molecule has 0 aliphatic carbocycles. The summed E-state index contributed by atoms with van der Waals surface area (Å²) in [6, 6.07) is 11.1. The number of nitrogens with one attached hydrogen (secondary N) is 1. The van der Waals surface area contributed by atoms with E-state index in [0.717, 1.165) is 33.6 Å². The van der Waals surface area contributed by atoms with Gasteiger partial charge in [0.1, 0.15) is 19.0 Å². The number of thioether (sulfide) groups is 1. The first-order chi connectivity index (χ1) is 17.6. The number of carbonyl (C=O) groups is 1. The van der Waals surface area contributed by atoms with Gasteiger partial charge in [-0.2, -0.15) is 10.0 Å². The van der Waals surface area contributed by atoms with Crippen LogP contribution in [0.2, 0.25) is 0 Å². The first-order valence-electron chi connectivity index (χ1n) is 11.4. The Morgan fingerprint density at radius 2 is 1.76 bits per heavy atom. The summed E-state index contributed by atoms with van der Waals surface area (Å²) in [5, 5.41) is 13.5. The Morgan fingerprint density at radius 1 is 1.05 bits per heavy atom. The highest BCUT2D eigenvalue weighted by Gasteiger charge is 2.39. The van der Waals surface area contributed by atoms with Crippen LogP contribution < -0.4 is 14.2 Å². The van der Waals surface area contributed by atoms with E-state index in [1.807, 2.05) is 26.0 Å². The van der Waals surface area contributed by atoms with Crippen molar-refractivity contribution in [2.45, 2.75) is 20.8 Å². The van der Waals surface area contributed by atoms with Gasteiger partial charge < -0.3 is 14.2 Å². The molecule has 0 saturated heterocycles. The van der Waals surface area contributed by atoms with E-state index in [4.69, 9.17) is 19.6 Å². The summed E-state index contributed by atoms with van der Waals surface area (Å²) < 4.78 is 41.2. The van der Waals surface area contributed by atoms with Gasteiger partial charge >= 0.3 is 0 Å². The molecule has 4 rings (SSSR count). The number of fused-ring (bicyclic) bond motifs is 1. The van der Waals surface area contributed by atoms with Crippen LogP contribution in [-0.2, 0) is 14.6 Å². The van der Waals surface area contributed by atoms with E-state index in [1.165, 1.54) is 20.1 Å². The maximum atomic E-state index is 12.6. The van der Waals surface area contributed by atoms with Crippen LogP contribution >= 0.6 is 11.8 Å². The molecule has 0 fully saturated rings. The highest BCUT2D eigenvalue weighted by Crippen LogP contribution is 2.32. The van der Waals surface area contributed by atoms with E-state index in [0.29, 0.717) is 23.7 Å². The van der Waals surface area contributed by atoms with Gasteiger partial charge in [0.2, 0.25) is 19.4 Å². The van der Waals surface area contributed by atoms with E-state index < -0.39 is 15.7 Å². The number of hydrazone groups is 1. The Hall–Kier alpha value is -3.64. The predicted molar refractivity (Wildman–Crippen MR) is 144 cm³/mol. The van der Waals surface area contributed by atoms with E-state index >= 15 is 0 Å². The van der Waals surface area contributed by atoms with E-state index in [9.17, 15) is 13.2 Å². The fourth-order valence-electron chi connectivity index (χ4n) is 3.61. The van der Waals surface area contributed by atoms with Crippen molar-refractivity contribution in [3.05, 3.63) is 58.7 Å². The predicted octanol–water partition coefficient (Wildman–Crippen LogP) is 3.78. The van der Waals surface area contributed by atoms with Gasteiger partial charge in [-0.1, -0.05) is 19.1 Å². The molecule has 10 nitrogen and oxygen atoms in total. The molecule has 0 spiro atoms. The number of carbonyl (C=O) groups excluding carboxylic acids is 1. The molecule has 0 radical (unpaired) electrons. The second kappa shape index (κ2) is 10.8. The molecule has 2 heterocycles. The van der Waals surface area contributed by atoms with Crippen LogP contribution in [0.3, 0.4) is 0 Å². The number of benzene rings is 2. The smallest absolute Gasteiger partial charge is 0.283 e. The lowest BCUT2D eigenvalue weighted by molar-refractivity contribution is -0.114. The number of amides is 1. The zero-order chi connectivity index (χ0) is 26.7. The van der Waals surface area contributed by atoms with Gasteiger partial charge in [-0.15, -0.1) is 5.10 Å². The van der Waals surface area contributed by atoms with Crippen LogP contribution in [0.5, 0.6) is 17.2 Å². The van der Waals surface area contributed by atoms with Gasteiger partial charge in [0.05, 0.1) is 18.4 Å². The van der Waals surface area contributed by atoms with Crippen molar-refractivity contribution in [1.29, 1.82) is 5.41 Å². The monoisotopic (exact) mass is 542 g/mol. The van der Waals surface area contributed by atoms with Crippen molar-refractivity contribution < 1.29 is 27.4 Å². The van der Waals surface area contributed by atoms with Gasteiger partial charge in [-0.25, -0.2) is 8.42 Å². The third-order valence-electron chi connectivity index (χ3n) is 5.39. The van der Waals surface area contributed by atoms with Crippen molar-refractivity contribution in [1.82, 2.24) is 5.01 Å². The average Bonchev–Trinajstić information content (AvgIpc) is 3.29. The topological polar surface area (TPSA) is 131 Å². The Bertz CT molecular complexity index is 1440.